The van der Waals surface area contributed by atoms with Crippen molar-refractivity contribution < 1.29 is 31.9 Å². The van der Waals surface area contributed by atoms with Gasteiger partial charge in [0.2, 0.25) is 11.8 Å². The fourth-order valence-electron chi connectivity index (χ4n) is 4.19. The van der Waals surface area contributed by atoms with Crippen LogP contribution in [0.3, 0.4) is 0 Å². The Kier molecular flexibility index (Phi) is 9.62. The van der Waals surface area contributed by atoms with Gasteiger partial charge in [0.15, 0.2) is 11.5 Å². The maximum absolute atomic E-state index is 14.0. The highest BCUT2D eigenvalue weighted by Gasteiger charge is 2.33. The van der Waals surface area contributed by atoms with Crippen molar-refractivity contribution in [3.8, 4) is 11.5 Å². The first-order valence-electron chi connectivity index (χ1n) is 12.7. The van der Waals surface area contributed by atoms with E-state index in [0.29, 0.717) is 29.5 Å². The van der Waals surface area contributed by atoms with E-state index in [2.05, 4.69) is 5.32 Å². The zero-order valence-corrected chi connectivity index (χ0v) is 24.6. The molecular formula is C28H28Cl2FN3O6S. The molecule has 41 heavy (non-hydrogen) atoms. The Morgan fingerprint density at radius 2 is 1.66 bits per heavy atom. The van der Waals surface area contributed by atoms with Crippen LogP contribution in [-0.4, -0.2) is 57.5 Å². The van der Waals surface area contributed by atoms with Gasteiger partial charge in [-0.3, -0.25) is 13.9 Å². The molecule has 0 bridgehead atoms. The Morgan fingerprint density at radius 1 is 0.976 bits per heavy atom. The molecule has 218 valence electrons. The lowest BCUT2D eigenvalue weighted by molar-refractivity contribution is -0.139. The minimum absolute atomic E-state index is 0.0507. The second-order valence-electron chi connectivity index (χ2n) is 9.13. The number of nitrogens with zero attached hydrogens (tertiary/aromatic N) is 2. The van der Waals surface area contributed by atoms with Crippen LogP contribution in [0.1, 0.15) is 19.4 Å². The molecule has 1 atom stereocenters. The van der Waals surface area contributed by atoms with Crippen LogP contribution in [-0.2, 0) is 26.2 Å². The van der Waals surface area contributed by atoms with Crippen LogP contribution >= 0.6 is 23.2 Å². The molecule has 1 aliphatic rings. The number of fused-ring (bicyclic) bond motifs is 1. The standard InChI is InChI=1S/C28H28Cl2FN3O6S/c1-3-32-28(36)18(2)33(16-19-4-10-23(29)24(30)14-19)27(35)17-34(21-7-5-20(31)6-8-21)41(37,38)22-9-11-25-26(15-22)40-13-12-39-25/h4-11,14-15,18H,3,12-13,16-17H2,1-2H3,(H,32,36)/t18-/m1/s1. The van der Waals surface area contributed by atoms with Gasteiger partial charge >= 0.3 is 0 Å². The Bertz CT molecular complexity index is 1540. The Morgan fingerprint density at radius 3 is 2.32 bits per heavy atom. The number of hydrogen-bond donors (Lipinski definition) is 1. The van der Waals surface area contributed by atoms with E-state index in [-0.39, 0.29) is 34.5 Å². The molecule has 9 nitrogen and oxygen atoms in total. The van der Waals surface area contributed by atoms with Crippen LogP contribution in [0.4, 0.5) is 10.1 Å². The van der Waals surface area contributed by atoms with Gasteiger partial charge in [-0.15, -0.1) is 0 Å². The van der Waals surface area contributed by atoms with Crippen molar-refractivity contribution in [1.29, 1.82) is 0 Å². The summed E-state index contributed by atoms with van der Waals surface area (Å²) in [6.07, 6.45) is 0. The number of ether oxygens (including phenoxy) is 2. The van der Waals surface area contributed by atoms with Crippen LogP contribution < -0.4 is 19.1 Å². The van der Waals surface area contributed by atoms with Crippen LogP contribution in [0.2, 0.25) is 10.0 Å². The van der Waals surface area contributed by atoms with E-state index in [1.165, 1.54) is 42.2 Å². The molecule has 0 aromatic heterocycles. The minimum atomic E-state index is -4.38. The summed E-state index contributed by atoms with van der Waals surface area (Å²) in [5.74, 6) is -1.05. The molecule has 1 aliphatic heterocycles. The molecule has 0 fully saturated rings. The Balaban J connectivity index is 1.73. The number of halogens is 3. The van der Waals surface area contributed by atoms with Crippen molar-refractivity contribution in [3.05, 3.63) is 82.1 Å². The molecule has 0 aliphatic carbocycles. The maximum atomic E-state index is 14.0. The van der Waals surface area contributed by atoms with Crippen molar-refractivity contribution >= 4 is 50.7 Å². The maximum Gasteiger partial charge on any atom is 0.264 e. The van der Waals surface area contributed by atoms with Crippen LogP contribution in [0, 0.1) is 5.82 Å². The van der Waals surface area contributed by atoms with Crippen molar-refractivity contribution in [2.24, 2.45) is 0 Å². The van der Waals surface area contributed by atoms with Crippen LogP contribution in [0.15, 0.2) is 65.6 Å². The molecule has 0 radical (unpaired) electrons. The third-order valence-electron chi connectivity index (χ3n) is 6.35. The van der Waals surface area contributed by atoms with Crippen LogP contribution in [0.5, 0.6) is 11.5 Å². The number of nitrogens with one attached hydrogen (secondary N) is 1. The van der Waals surface area contributed by atoms with E-state index in [1.807, 2.05) is 0 Å². The van der Waals surface area contributed by atoms with E-state index in [0.717, 1.165) is 16.4 Å². The van der Waals surface area contributed by atoms with Gasteiger partial charge in [0.05, 0.1) is 20.6 Å². The number of amides is 2. The first-order valence-corrected chi connectivity index (χ1v) is 14.9. The van der Waals surface area contributed by atoms with Crippen molar-refractivity contribution in [2.45, 2.75) is 31.3 Å². The molecule has 4 rings (SSSR count). The average Bonchev–Trinajstić information content (AvgIpc) is 2.96. The van der Waals surface area contributed by atoms with Crippen molar-refractivity contribution in [1.82, 2.24) is 10.2 Å². The molecular weight excluding hydrogens is 596 g/mol. The topological polar surface area (TPSA) is 105 Å². The number of rotatable bonds is 10. The monoisotopic (exact) mass is 623 g/mol. The van der Waals surface area contributed by atoms with Crippen LogP contribution in [0.25, 0.3) is 0 Å². The highest BCUT2D eigenvalue weighted by atomic mass is 35.5. The summed E-state index contributed by atoms with van der Waals surface area (Å²) >= 11 is 12.2. The Labute approximate surface area is 247 Å². The summed E-state index contributed by atoms with van der Waals surface area (Å²) in [6.45, 7) is 3.44. The summed E-state index contributed by atoms with van der Waals surface area (Å²) in [5.41, 5.74) is 0.627. The molecule has 0 saturated heterocycles. The summed E-state index contributed by atoms with van der Waals surface area (Å²) in [4.78, 5) is 27.8. The SMILES string of the molecule is CCNC(=O)[C@@H](C)N(Cc1ccc(Cl)c(Cl)c1)C(=O)CN(c1ccc(F)cc1)S(=O)(=O)c1ccc2c(c1)OCCO2. The predicted molar refractivity (Wildman–Crippen MR) is 154 cm³/mol. The molecule has 1 N–H and O–H groups in total. The lowest BCUT2D eigenvalue weighted by Crippen LogP contribution is -2.51. The molecule has 0 spiro atoms. The third-order valence-corrected chi connectivity index (χ3v) is 8.86. The zero-order valence-electron chi connectivity index (χ0n) is 22.3. The zero-order chi connectivity index (χ0) is 29.7. The highest BCUT2D eigenvalue weighted by molar-refractivity contribution is 7.92. The van der Waals surface area contributed by atoms with Gasteiger partial charge in [0, 0.05) is 19.2 Å². The number of carbonyl (C=O) groups is 2. The van der Waals surface area contributed by atoms with E-state index in [4.69, 9.17) is 32.7 Å². The fourth-order valence-corrected chi connectivity index (χ4v) is 5.94. The van der Waals surface area contributed by atoms with Gasteiger partial charge in [-0.25, -0.2) is 12.8 Å². The summed E-state index contributed by atoms with van der Waals surface area (Å²) in [7, 11) is -4.38. The first kappa shape index (κ1) is 30.4. The molecule has 0 saturated carbocycles. The van der Waals surface area contributed by atoms with Crippen molar-refractivity contribution in [3.63, 3.8) is 0 Å². The number of carbonyl (C=O) groups excluding carboxylic acids is 2. The van der Waals surface area contributed by atoms with E-state index in [9.17, 15) is 22.4 Å². The second-order valence-corrected chi connectivity index (χ2v) is 11.8. The molecule has 1 heterocycles. The lowest BCUT2D eigenvalue weighted by atomic mass is 10.1. The second kappa shape index (κ2) is 13.0. The Hall–Kier alpha value is -3.54. The lowest BCUT2D eigenvalue weighted by Gasteiger charge is -2.32. The number of likely N-dealkylation sites (N-methyl/N-ethyl adjacent to an activating group) is 1. The van der Waals surface area contributed by atoms with Gasteiger partial charge in [-0.1, -0.05) is 29.3 Å². The van der Waals surface area contributed by atoms with E-state index >= 15 is 0 Å². The summed E-state index contributed by atoms with van der Waals surface area (Å²) in [5, 5.41) is 3.26. The number of benzene rings is 3. The predicted octanol–water partition coefficient (Wildman–Crippen LogP) is 4.65. The molecule has 2 amide bonds. The quantitative estimate of drug-likeness (QED) is 0.352. The average molecular weight is 625 g/mol. The normalized spacial score (nSPS) is 13.3. The molecule has 3 aromatic rings. The van der Waals surface area contributed by atoms with Gasteiger partial charge in [0.25, 0.3) is 10.0 Å². The molecule has 13 heteroatoms. The van der Waals surface area contributed by atoms with Gasteiger partial charge in [-0.05, 0) is 67.9 Å². The van der Waals surface area contributed by atoms with Gasteiger partial charge in [-0.2, -0.15) is 0 Å². The number of anilines is 1. The van der Waals surface area contributed by atoms with Crippen molar-refractivity contribution in [2.75, 3.05) is 30.6 Å². The first-order chi connectivity index (χ1) is 19.5. The van der Waals surface area contributed by atoms with E-state index < -0.39 is 40.2 Å². The van der Waals surface area contributed by atoms with Gasteiger partial charge < -0.3 is 19.7 Å². The summed E-state index contributed by atoms with van der Waals surface area (Å²) < 4.78 is 53.6. The largest absolute Gasteiger partial charge is 0.486 e. The highest BCUT2D eigenvalue weighted by Crippen LogP contribution is 2.34. The summed E-state index contributed by atoms with van der Waals surface area (Å²) in [6, 6.07) is 12.7. The number of hydrogen-bond acceptors (Lipinski definition) is 6. The minimum Gasteiger partial charge on any atom is -0.486 e. The number of sulfonamides is 1. The molecule has 0 unspecified atom stereocenters. The molecule has 3 aromatic carbocycles. The van der Waals surface area contributed by atoms with Gasteiger partial charge in [0.1, 0.15) is 31.6 Å². The smallest absolute Gasteiger partial charge is 0.264 e. The fraction of sp³-hybridized carbons (Fsp3) is 0.286. The third kappa shape index (κ3) is 7.03. The van der Waals surface area contributed by atoms with E-state index in [1.54, 1.807) is 25.1 Å².